The average Bonchev–Trinajstić information content (AvgIpc) is 2.28. The Hall–Kier alpha value is -1.35. The lowest BCUT2D eigenvalue weighted by Gasteiger charge is -2.34. The first-order valence-electron chi connectivity index (χ1n) is 6.76. The van der Waals surface area contributed by atoms with Gasteiger partial charge in [-0.2, -0.15) is 0 Å². The molecular weight excluding hydrogens is 240 g/mol. The van der Waals surface area contributed by atoms with E-state index in [1.807, 2.05) is 45.0 Å². The van der Waals surface area contributed by atoms with Gasteiger partial charge in [0.15, 0.2) is 0 Å². The summed E-state index contributed by atoms with van der Waals surface area (Å²) in [6.07, 6.45) is 0. The molecule has 0 heterocycles. The smallest absolute Gasteiger partial charge is 0.312 e. The quantitative estimate of drug-likeness (QED) is 0.831. The van der Waals surface area contributed by atoms with Crippen molar-refractivity contribution in [3.8, 4) is 0 Å². The maximum atomic E-state index is 12.1. The van der Waals surface area contributed by atoms with Crippen LogP contribution in [0.1, 0.15) is 38.8 Å². The number of esters is 1. The van der Waals surface area contributed by atoms with E-state index in [-0.39, 0.29) is 11.9 Å². The molecule has 1 aromatic rings. The molecule has 1 N–H and O–H groups in total. The lowest BCUT2D eigenvalue weighted by atomic mass is 9.76. The summed E-state index contributed by atoms with van der Waals surface area (Å²) in [5.74, 6) is -0.923. The van der Waals surface area contributed by atoms with E-state index in [1.54, 1.807) is 13.8 Å². The van der Waals surface area contributed by atoms with Crippen molar-refractivity contribution in [1.82, 2.24) is 0 Å². The molecule has 0 saturated carbocycles. The third kappa shape index (κ3) is 3.57. The summed E-state index contributed by atoms with van der Waals surface area (Å²) in [4.78, 5) is 12.1. The fourth-order valence-electron chi connectivity index (χ4n) is 2.52. The number of rotatable bonds is 5. The van der Waals surface area contributed by atoms with Crippen LogP contribution in [0.3, 0.4) is 0 Å². The van der Waals surface area contributed by atoms with Crippen molar-refractivity contribution in [3.05, 3.63) is 35.4 Å². The molecule has 0 fully saturated rings. The fraction of sp³-hybridized carbons (Fsp3) is 0.562. The Bertz CT molecular complexity index is 435. The molecule has 1 aromatic carbocycles. The van der Waals surface area contributed by atoms with Gasteiger partial charge >= 0.3 is 5.97 Å². The van der Waals surface area contributed by atoms with Crippen LogP contribution in [0.25, 0.3) is 0 Å². The van der Waals surface area contributed by atoms with Crippen LogP contribution in [-0.2, 0) is 15.1 Å². The highest BCUT2D eigenvalue weighted by Gasteiger charge is 2.41. The molecule has 0 bridgehead atoms. The van der Waals surface area contributed by atoms with Crippen molar-refractivity contribution in [1.29, 1.82) is 0 Å². The van der Waals surface area contributed by atoms with Gasteiger partial charge in [0.1, 0.15) is 5.60 Å². The van der Waals surface area contributed by atoms with Crippen LogP contribution in [0.15, 0.2) is 24.3 Å². The number of aliphatic hydroxyl groups is 1. The molecule has 106 valence electrons. The minimum atomic E-state index is -1.23. The molecular formula is C16H24O3. The molecule has 0 aromatic heterocycles. The van der Waals surface area contributed by atoms with Gasteiger partial charge in [0.2, 0.25) is 0 Å². The van der Waals surface area contributed by atoms with E-state index < -0.39 is 11.5 Å². The van der Waals surface area contributed by atoms with E-state index in [0.717, 1.165) is 11.1 Å². The van der Waals surface area contributed by atoms with E-state index in [1.165, 1.54) is 0 Å². The zero-order chi connectivity index (χ0) is 14.6. The van der Waals surface area contributed by atoms with Crippen LogP contribution in [0, 0.1) is 18.8 Å². The molecule has 19 heavy (non-hydrogen) atoms. The Morgan fingerprint density at radius 1 is 1.42 bits per heavy atom. The van der Waals surface area contributed by atoms with Gasteiger partial charge in [0.05, 0.1) is 12.5 Å². The minimum Gasteiger partial charge on any atom is -0.466 e. The Kier molecular flexibility index (Phi) is 5.12. The standard InChI is InChI=1S/C16H24O3/c1-6-19-15(17)14(11(2)3)16(5,18)13-9-7-8-12(4)10-13/h7-11,14,18H,6H2,1-5H3. The second kappa shape index (κ2) is 6.20. The fourth-order valence-corrected chi connectivity index (χ4v) is 2.52. The number of ether oxygens (including phenoxy) is 1. The maximum absolute atomic E-state index is 12.1. The Morgan fingerprint density at radius 3 is 2.53 bits per heavy atom. The number of hydrogen-bond acceptors (Lipinski definition) is 3. The molecule has 1 rings (SSSR count). The number of hydrogen-bond donors (Lipinski definition) is 1. The first-order valence-corrected chi connectivity index (χ1v) is 6.76. The molecule has 2 unspecified atom stereocenters. The second-order valence-electron chi connectivity index (χ2n) is 5.49. The molecule has 0 amide bonds. The van der Waals surface area contributed by atoms with E-state index in [9.17, 15) is 9.90 Å². The molecule has 0 aliphatic carbocycles. The van der Waals surface area contributed by atoms with Crippen LogP contribution in [-0.4, -0.2) is 17.7 Å². The average molecular weight is 264 g/mol. The van der Waals surface area contributed by atoms with E-state index in [0.29, 0.717) is 6.61 Å². The zero-order valence-electron chi connectivity index (χ0n) is 12.4. The first-order chi connectivity index (χ1) is 8.80. The predicted octanol–water partition coefficient (Wildman–Crippen LogP) is 3.04. The lowest BCUT2D eigenvalue weighted by Crippen LogP contribution is -2.41. The predicted molar refractivity (Wildman–Crippen MR) is 75.7 cm³/mol. The Morgan fingerprint density at radius 2 is 2.05 bits per heavy atom. The largest absolute Gasteiger partial charge is 0.466 e. The van der Waals surface area contributed by atoms with Gasteiger partial charge in [-0.25, -0.2) is 0 Å². The minimum absolute atomic E-state index is 0.00503. The summed E-state index contributed by atoms with van der Waals surface area (Å²) in [5.41, 5.74) is 0.579. The first kappa shape index (κ1) is 15.7. The van der Waals surface area contributed by atoms with E-state index in [2.05, 4.69) is 0 Å². The van der Waals surface area contributed by atoms with Crippen LogP contribution in [0.2, 0.25) is 0 Å². The SMILES string of the molecule is CCOC(=O)C(C(C)C)C(C)(O)c1cccc(C)c1. The summed E-state index contributed by atoms with van der Waals surface area (Å²) < 4.78 is 5.10. The second-order valence-corrected chi connectivity index (χ2v) is 5.49. The summed E-state index contributed by atoms with van der Waals surface area (Å²) in [5, 5.41) is 10.8. The monoisotopic (exact) mass is 264 g/mol. The van der Waals surface area contributed by atoms with Crippen LogP contribution in [0.4, 0.5) is 0 Å². The third-order valence-corrected chi connectivity index (χ3v) is 3.42. The van der Waals surface area contributed by atoms with Gasteiger partial charge in [-0.1, -0.05) is 43.7 Å². The van der Waals surface area contributed by atoms with Gasteiger partial charge in [-0.05, 0) is 32.3 Å². The molecule has 3 nitrogen and oxygen atoms in total. The van der Waals surface area contributed by atoms with Gasteiger partial charge in [0, 0.05) is 0 Å². The third-order valence-electron chi connectivity index (χ3n) is 3.42. The number of benzene rings is 1. The van der Waals surface area contributed by atoms with Gasteiger partial charge in [-0.3, -0.25) is 4.79 Å². The number of carbonyl (C=O) groups is 1. The van der Waals surface area contributed by atoms with Crippen molar-refractivity contribution >= 4 is 5.97 Å². The van der Waals surface area contributed by atoms with Crippen LogP contribution in [0.5, 0.6) is 0 Å². The molecule has 3 heteroatoms. The van der Waals surface area contributed by atoms with Gasteiger partial charge in [-0.15, -0.1) is 0 Å². The molecule has 0 spiro atoms. The summed E-state index contributed by atoms with van der Waals surface area (Å²) >= 11 is 0. The van der Waals surface area contributed by atoms with Crippen LogP contribution < -0.4 is 0 Å². The van der Waals surface area contributed by atoms with E-state index >= 15 is 0 Å². The number of aryl methyl sites for hydroxylation is 1. The van der Waals surface area contributed by atoms with Crippen molar-refractivity contribution in [3.63, 3.8) is 0 Å². The van der Waals surface area contributed by atoms with Crippen molar-refractivity contribution in [2.45, 2.75) is 40.2 Å². The molecule has 0 aliphatic rings. The van der Waals surface area contributed by atoms with Crippen LogP contribution >= 0.6 is 0 Å². The molecule has 0 saturated heterocycles. The highest BCUT2D eigenvalue weighted by molar-refractivity contribution is 5.74. The highest BCUT2D eigenvalue weighted by Crippen LogP contribution is 2.35. The summed E-state index contributed by atoms with van der Waals surface area (Å²) in [7, 11) is 0. The highest BCUT2D eigenvalue weighted by atomic mass is 16.5. The zero-order valence-corrected chi connectivity index (χ0v) is 12.4. The van der Waals surface area contributed by atoms with Gasteiger partial charge in [0.25, 0.3) is 0 Å². The summed E-state index contributed by atoms with van der Waals surface area (Å²) in [6.45, 7) is 9.60. The number of carbonyl (C=O) groups excluding carboxylic acids is 1. The molecule has 0 radical (unpaired) electrons. The summed E-state index contributed by atoms with van der Waals surface area (Å²) in [6, 6.07) is 7.62. The van der Waals surface area contributed by atoms with Crippen molar-refractivity contribution in [2.24, 2.45) is 11.8 Å². The topological polar surface area (TPSA) is 46.5 Å². The van der Waals surface area contributed by atoms with Gasteiger partial charge < -0.3 is 9.84 Å². The van der Waals surface area contributed by atoms with Crippen molar-refractivity contribution < 1.29 is 14.6 Å². The van der Waals surface area contributed by atoms with E-state index in [4.69, 9.17) is 4.74 Å². The lowest BCUT2D eigenvalue weighted by molar-refractivity contribution is -0.161. The Labute approximate surface area is 115 Å². The van der Waals surface area contributed by atoms with Crippen molar-refractivity contribution in [2.75, 3.05) is 6.61 Å². The maximum Gasteiger partial charge on any atom is 0.312 e. The normalized spacial score (nSPS) is 15.9. The molecule has 2 atom stereocenters. The Balaban J connectivity index is 3.16. The molecule has 0 aliphatic heterocycles.